The molecule has 11 heavy (non-hydrogen) atoms. The molecule has 0 unspecified atom stereocenters. The van der Waals surface area contributed by atoms with E-state index >= 15 is 0 Å². The highest BCUT2D eigenvalue weighted by molar-refractivity contribution is 7.99. The van der Waals surface area contributed by atoms with Crippen LogP contribution in [0.3, 0.4) is 0 Å². The Kier molecular flexibility index (Phi) is 3.94. The minimum Gasteiger partial charge on any atom is -0.468 e. The molecule has 0 bridgehead atoms. The van der Waals surface area contributed by atoms with Gasteiger partial charge in [-0.2, -0.15) is 12.6 Å². The Morgan fingerprint density at radius 1 is 1.64 bits per heavy atom. The second-order valence-corrected chi connectivity index (χ2v) is 3.85. The summed E-state index contributed by atoms with van der Waals surface area (Å²) in [6.45, 7) is 1.99. The highest BCUT2D eigenvalue weighted by Crippen LogP contribution is 2.23. The molecule has 0 atom stereocenters. The van der Waals surface area contributed by atoms with Gasteiger partial charge in [0.1, 0.15) is 5.76 Å². The summed E-state index contributed by atoms with van der Waals surface area (Å²) < 4.78 is 5.16. The van der Waals surface area contributed by atoms with Gasteiger partial charge < -0.3 is 4.42 Å². The molecule has 0 aliphatic carbocycles. The van der Waals surface area contributed by atoms with Crippen LogP contribution >= 0.6 is 24.4 Å². The average Bonchev–Trinajstić information content (AvgIpc) is 2.37. The molecule has 3 heteroatoms. The molecule has 0 radical (unpaired) electrons. The molecular formula is C8H12OS2. The Bertz CT molecular complexity index is 208. The smallest absolute Gasteiger partial charge is 0.114 e. The fourth-order valence-corrected chi connectivity index (χ4v) is 2.05. The number of hydrogen-bond donors (Lipinski definition) is 1. The molecule has 0 aliphatic heterocycles. The third kappa shape index (κ3) is 2.83. The van der Waals surface area contributed by atoms with Crippen molar-refractivity contribution in [2.24, 2.45) is 0 Å². The molecule has 1 nitrogen and oxygen atoms in total. The van der Waals surface area contributed by atoms with E-state index in [9.17, 15) is 0 Å². The van der Waals surface area contributed by atoms with E-state index in [1.807, 2.05) is 24.8 Å². The van der Waals surface area contributed by atoms with E-state index in [2.05, 4.69) is 12.6 Å². The zero-order valence-corrected chi connectivity index (χ0v) is 8.25. The molecule has 0 spiro atoms. The topological polar surface area (TPSA) is 13.1 Å². The van der Waals surface area contributed by atoms with Crippen molar-refractivity contribution in [3.63, 3.8) is 0 Å². The van der Waals surface area contributed by atoms with Crippen molar-refractivity contribution in [3.05, 3.63) is 18.1 Å². The Morgan fingerprint density at radius 2 is 2.45 bits per heavy atom. The second kappa shape index (κ2) is 4.78. The van der Waals surface area contributed by atoms with Crippen LogP contribution in [0.25, 0.3) is 0 Å². The number of aryl methyl sites for hydroxylation is 1. The quantitative estimate of drug-likeness (QED) is 0.443. The van der Waals surface area contributed by atoms with Crippen LogP contribution in [0.15, 0.2) is 21.6 Å². The lowest BCUT2D eigenvalue weighted by Crippen LogP contribution is -1.80. The molecule has 1 aromatic rings. The third-order valence-corrected chi connectivity index (χ3v) is 2.91. The van der Waals surface area contributed by atoms with E-state index in [1.165, 1.54) is 4.90 Å². The van der Waals surface area contributed by atoms with Crippen molar-refractivity contribution in [2.75, 3.05) is 11.5 Å². The van der Waals surface area contributed by atoms with Crippen LogP contribution in [0.4, 0.5) is 0 Å². The zero-order valence-electron chi connectivity index (χ0n) is 6.54. The summed E-state index contributed by atoms with van der Waals surface area (Å²) in [6.07, 6.45) is 2.89. The van der Waals surface area contributed by atoms with Gasteiger partial charge in [0.2, 0.25) is 0 Å². The average molecular weight is 188 g/mol. The molecule has 0 amide bonds. The van der Waals surface area contributed by atoms with Crippen molar-refractivity contribution in [1.82, 2.24) is 0 Å². The minimum absolute atomic E-state index is 0.962. The van der Waals surface area contributed by atoms with E-state index in [0.717, 1.165) is 23.7 Å². The molecule has 0 fully saturated rings. The number of hydrogen-bond acceptors (Lipinski definition) is 3. The van der Waals surface area contributed by atoms with Gasteiger partial charge in [-0.1, -0.05) is 0 Å². The lowest BCUT2D eigenvalue weighted by molar-refractivity contribution is 0.527. The SMILES string of the molecule is Cc1occc1SCCCS. The summed E-state index contributed by atoms with van der Waals surface area (Å²) in [4.78, 5) is 1.26. The number of rotatable bonds is 4. The van der Waals surface area contributed by atoms with Gasteiger partial charge in [0.25, 0.3) is 0 Å². The molecule has 1 aromatic heterocycles. The first kappa shape index (κ1) is 9.07. The summed E-state index contributed by atoms with van der Waals surface area (Å²) in [6, 6.07) is 2.01. The fourth-order valence-electron chi connectivity index (χ4n) is 0.770. The summed E-state index contributed by atoms with van der Waals surface area (Å²) in [5, 5.41) is 0. The van der Waals surface area contributed by atoms with Crippen LogP contribution in [-0.2, 0) is 0 Å². The lowest BCUT2D eigenvalue weighted by Gasteiger charge is -1.96. The van der Waals surface area contributed by atoms with Crippen molar-refractivity contribution in [2.45, 2.75) is 18.2 Å². The van der Waals surface area contributed by atoms with E-state index in [0.29, 0.717) is 0 Å². The monoisotopic (exact) mass is 188 g/mol. The van der Waals surface area contributed by atoms with E-state index < -0.39 is 0 Å². The largest absolute Gasteiger partial charge is 0.468 e. The summed E-state index contributed by atoms with van der Waals surface area (Å²) in [5.74, 6) is 3.11. The van der Waals surface area contributed by atoms with Crippen molar-refractivity contribution in [3.8, 4) is 0 Å². The fraction of sp³-hybridized carbons (Fsp3) is 0.500. The van der Waals surface area contributed by atoms with Gasteiger partial charge in [0.15, 0.2) is 0 Å². The van der Waals surface area contributed by atoms with Gasteiger partial charge in [-0.3, -0.25) is 0 Å². The van der Waals surface area contributed by atoms with E-state index in [-0.39, 0.29) is 0 Å². The number of thiol groups is 1. The van der Waals surface area contributed by atoms with E-state index in [1.54, 1.807) is 6.26 Å². The normalized spacial score (nSPS) is 10.4. The first-order valence-electron chi connectivity index (χ1n) is 3.62. The maximum Gasteiger partial charge on any atom is 0.114 e. The molecule has 0 saturated heterocycles. The van der Waals surface area contributed by atoms with Crippen molar-refractivity contribution in [1.29, 1.82) is 0 Å². The van der Waals surface area contributed by atoms with Crippen LogP contribution in [0.1, 0.15) is 12.2 Å². The highest BCUT2D eigenvalue weighted by Gasteiger charge is 1.99. The number of furan rings is 1. The molecule has 0 aliphatic rings. The minimum atomic E-state index is 0.962. The van der Waals surface area contributed by atoms with Crippen molar-refractivity contribution < 1.29 is 4.42 Å². The van der Waals surface area contributed by atoms with Crippen LogP contribution in [0.2, 0.25) is 0 Å². The van der Waals surface area contributed by atoms with Crippen LogP contribution in [0.5, 0.6) is 0 Å². The third-order valence-electron chi connectivity index (χ3n) is 1.37. The first-order valence-corrected chi connectivity index (χ1v) is 5.24. The maximum absolute atomic E-state index is 5.16. The zero-order chi connectivity index (χ0) is 8.10. The predicted molar refractivity (Wildman–Crippen MR) is 52.6 cm³/mol. The van der Waals surface area contributed by atoms with Crippen LogP contribution < -0.4 is 0 Å². The maximum atomic E-state index is 5.16. The molecule has 0 N–H and O–H groups in total. The molecule has 1 rings (SSSR count). The molecule has 62 valence electrons. The van der Waals surface area contributed by atoms with E-state index in [4.69, 9.17) is 4.42 Å². The Hall–Kier alpha value is -0.0200. The lowest BCUT2D eigenvalue weighted by atomic mass is 10.5. The summed E-state index contributed by atoms with van der Waals surface area (Å²) >= 11 is 5.98. The number of thioether (sulfide) groups is 1. The predicted octanol–water partition coefficient (Wildman–Crippen LogP) is 3.00. The first-order chi connectivity index (χ1) is 5.34. The molecule has 0 aromatic carbocycles. The van der Waals surface area contributed by atoms with Crippen molar-refractivity contribution >= 4 is 24.4 Å². The standard InChI is InChI=1S/C8H12OS2/c1-7-8(3-4-9-7)11-6-2-5-10/h3-4,10H,2,5-6H2,1H3. The highest BCUT2D eigenvalue weighted by atomic mass is 32.2. The summed E-state index contributed by atoms with van der Waals surface area (Å²) in [7, 11) is 0. The summed E-state index contributed by atoms with van der Waals surface area (Å²) in [5.41, 5.74) is 0. The Balaban J connectivity index is 2.32. The van der Waals surface area contributed by atoms with Crippen LogP contribution in [0, 0.1) is 6.92 Å². The van der Waals surface area contributed by atoms with Gasteiger partial charge in [-0.25, -0.2) is 0 Å². The van der Waals surface area contributed by atoms with Gasteiger partial charge in [0.05, 0.1) is 6.26 Å². The van der Waals surface area contributed by atoms with Gasteiger partial charge in [-0.05, 0) is 30.9 Å². The Labute approximate surface area is 77.0 Å². The second-order valence-electron chi connectivity index (χ2n) is 2.27. The van der Waals surface area contributed by atoms with Gasteiger partial charge in [0, 0.05) is 4.90 Å². The van der Waals surface area contributed by atoms with Gasteiger partial charge in [-0.15, -0.1) is 11.8 Å². The van der Waals surface area contributed by atoms with Gasteiger partial charge >= 0.3 is 0 Å². The Morgan fingerprint density at radius 3 is 3.00 bits per heavy atom. The molecular weight excluding hydrogens is 176 g/mol. The molecule has 0 saturated carbocycles. The van der Waals surface area contributed by atoms with Crippen LogP contribution in [-0.4, -0.2) is 11.5 Å². The molecule has 1 heterocycles.